The minimum atomic E-state index is -0.171. The Morgan fingerprint density at radius 2 is 1.68 bits per heavy atom. The first kappa shape index (κ1) is 23.5. The van der Waals surface area contributed by atoms with E-state index in [-0.39, 0.29) is 48.7 Å². The lowest BCUT2D eigenvalue weighted by molar-refractivity contribution is -0.125. The number of rotatable bonds is 6. The molecule has 0 aliphatic heterocycles. The minimum Gasteiger partial charge on any atom is -0.354 e. The van der Waals surface area contributed by atoms with Crippen LogP contribution < -0.4 is 11.1 Å². The summed E-state index contributed by atoms with van der Waals surface area (Å²) < 4.78 is 0. The van der Waals surface area contributed by atoms with Gasteiger partial charge in [0.25, 0.3) is 0 Å². The lowest BCUT2D eigenvalue weighted by Crippen LogP contribution is -2.41. The zero-order chi connectivity index (χ0) is 15.3. The first-order valence-electron chi connectivity index (χ1n) is 7.09. The van der Waals surface area contributed by atoms with Crippen LogP contribution in [0, 0.1) is 12.8 Å². The molecule has 0 spiro atoms. The molecule has 0 aliphatic carbocycles. The predicted octanol–water partition coefficient (Wildman–Crippen LogP) is 2.54. The van der Waals surface area contributed by atoms with Gasteiger partial charge in [-0.05, 0) is 33.5 Å². The van der Waals surface area contributed by atoms with Crippen molar-refractivity contribution in [2.24, 2.45) is 11.7 Å². The molecule has 1 rings (SSSR count). The molecular weight excluding hydrogens is 321 g/mol. The number of nitrogens with one attached hydrogen (secondary N) is 1. The summed E-state index contributed by atoms with van der Waals surface area (Å²) in [5.74, 6) is -0.158. The molecule has 4 nitrogen and oxygen atoms in total. The van der Waals surface area contributed by atoms with Crippen LogP contribution in [0.4, 0.5) is 0 Å². The van der Waals surface area contributed by atoms with Crippen LogP contribution in [-0.4, -0.2) is 37.5 Å². The highest BCUT2D eigenvalue weighted by atomic mass is 35.5. The number of amides is 1. The number of aryl methyl sites for hydroxylation is 1. The van der Waals surface area contributed by atoms with E-state index in [0.29, 0.717) is 6.54 Å². The maximum atomic E-state index is 12.0. The SMILES string of the molecule is Cc1ccc(C(CNC(=O)C(C)C(C)N)N(C)C)cc1.Cl.Cl. The van der Waals surface area contributed by atoms with Gasteiger partial charge < -0.3 is 16.0 Å². The molecule has 1 amide bonds. The Morgan fingerprint density at radius 3 is 2.09 bits per heavy atom. The molecule has 0 radical (unpaired) electrons. The zero-order valence-corrected chi connectivity index (χ0v) is 15.6. The second kappa shape index (κ2) is 10.8. The van der Waals surface area contributed by atoms with Gasteiger partial charge in [0.05, 0.1) is 6.04 Å². The molecule has 3 N–H and O–H groups in total. The number of carbonyl (C=O) groups excluding carboxylic acids is 1. The summed E-state index contributed by atoms with van der Waals surface area (Å²) >= 11 is 0. The second-order valence-corrected chi connectivity index (χ2v) is 5.78. The Kier molecular flexibility index (Phi) is 11.6. The van der Waals surface area contributed by atoms with Gasteiger partial charge in [0, 0.05) is 18.5 Å². The molecular formula is C16H29Cl2N3O. The van der Waals surface area contributed by atoms with Crippen molar-refractivity contribution < 1.29 is 4.79 Å². The van der Waals surface area contributed by atoms with Crippen molar-refractivity contribution in [1.29, 1.82) is 0 Å². The molecule has 3 atom stereocenters. The van der Waals surface area contributed by atoms with Crippen molar-refractivity contribution >= 4 is 30.7 Å². The monoisotopic (exact) mass is 349 g/mol. The quantitative estimate of drug-likeness (QED) is 0.829. The van der Waals surface area contributed by atoms with E-state index in [1.165, 1.54) is 11.1 Å². The van der Waals surface area contributed by atoms with Crippen LogP contribution in [0.15, 0.2) is 24.3 Å². The molecule has 6 heteroatoms. The van der Waals surface area contributed by atoms with Gasteiger partial charge in [0.1, 0.15) is 0 Å². The predicted molar refractivity (Wildman–Crippen MR) is 97.9 cm³/mol. The van der Waals surface area contributed by atoms with Crippen molar-refractivity contribution in [2.45, 2.75) is 32.9 Å². The molecule has 3 unspecified atom stereocenters. The van der Waals surface area contributed by atoms with E-state index in [4.69, 9.17) is 5.73 Å². The summed E-state index contributed by atoms with van der Waals surface area (Å²) in [6, 6.07) is 8.45. The molecule has 128 valence electrons. The van der Waals surface area contributed by atoms with Crippen LogP contribution in [-0.2, 0) is 4.79 Å². The third-order valence-corrected chi connectivity index (χ3v) is 3.76. The van der Waals surface area contributed by atoms with Crippen LogP contribution in [0.25, 0.3) is 0 Å². The van der Waals surface area contributed by atoms with Crippen LogP contribution >= 0.6 is 24.8 Å². The highest BCUT2D eigenvalue weighted by Crippen LogP contribution is 2.18. The second-order valence-electron chi connectivity index (χ2n) is 5.78. The lowest BCUT2D eigenvalue weighted by atomic mass is 10.0. The van der Waals surface area contributed by atoms with Crippen molar-refractivity contribution in [1.82, 2.24) is 10.2 Å². The highest BCUT2D eigenvalue weighted by Gasteiger charge is 2.20. The maximum absolute atomic E-state index is 12.0. The lowest BCUT2D eigenvalue weighted by Gasteiger charge is -2.26. The van der Waals surface area contributed by atoms with E-state index >= 15 is 0 Å². The first-order valence-corrected chi connectivity index (χ1v) is 7.09. The van der Waals surface area contributed by atoms with Crippen LogP contribution in [0.2, 0.25) is 0 Å². The third kappa shape index (κ3) is 6.97. The van der Waals surface area contributed by atoms with Crippen molar-refractivity contribution in [2.75, 3.05) is 20.6 Å². The number of likely N-dealkylation sites (N-methyl/N-ethyl adjacent to an activating group) is 1. The zero-order valence-electron chi connectivity index (χ0n) is 14.0. The number of carbonyl (C=O) groups is 1. The van der Waals surface area contributed by atoms with Gasteiger partial charge in [-0.2, -0.15) is 0 Å². The number of hydrogen-bond donors (Lipinski definition) is 2. The number of benzene rings is 1. The molecule has 0 fully saturated rings. The molecule has 0 aliphatic rings. The number of nitrogens with zero attached hydrogens (tertiary/aromatic N) is 1. The number of nitrogens with two attached hydrogens (primary N) is 1. The standard InChI is InChI=1S/C16H27N3O.2ClH/c1-11-6-8-14(9-7-11)15(19(4)5)10-18-16(20)12(2)13(3)17;;/h6-9,12-13,15H,10,17H2,1-5H3,(H,18,20);2*1H. The molecule has 0 bridgehead atoms. The number of hydrogen-bond acceptors (Lipinski definition) is 3. The Balaban J connectivity index is 0. The van der Waals surface area contributed by atoms with E-state index in [1.807, 2.05) is 27.9 Å². The van der Waals surface area contributed by atoms with Gasteiger partial charge in [0.15, 0.2) is 0 Å². The van der Waals surface area contributed by atoms with Crippen molar-refractivity contribution in [3.63, 3.8) is 0 Å². The van der Waals surface area contributed by atoms with E-state index in [1.54, 1.807) is 0 Å². The summed E-state index contributed by atoms with van der Waals surface area (Å²) in [5.41, 5.74) is 8.20. The van der Waals surface area contributed by atoms with E-state index in [9.17, 15) is 4.79 Å². The summed E-state index contributed by atoms with van der Waals surface area (Å²) in [6.07, 6.45) is 0. The molecule has 0 saturated heterocycles. The van der Waals surface area contributed by atoms with Crippen molar-refractivity contribution in [3.8, 4) is 0 Å². The van der Waals surface area contributed by atoms with Gasteiger partial charge in [-0.3, -0.25) is 4.79 Å². The summed E-state index contributed by atoms with van der Waals surface area (Å²) in [4.78, 5) is 14.1. The normalized spacial score (nSPS) is 14.3. The molecule has 0 aromatic heterocycles. The van der Waals surface area contributed by atoms with E-state index in [2.05, 4.69) is 41.4 Å². The average Bonchev–Trinajstić information content (AvgIpc) is 2.39. The smallest absolute Gasteiger partial charge is 0.224 e. The van der Waals surface area contributed by atoms with E-state index < -0.39 is 0 Å². The minimum absolute atomic E-state index is 0. The first-order chi connectivity index (χ1) is 9.32. The number of halogens is 2. The summed E-state index contributed by atoms with van der Waals surface area (Å²) in [5, 5.41) is 3.00. The highest BCUT2D eigenvalue weighted by molar-refractivity contribution is 5.85. The largest absolute Gasteiger partial charge is 0.354 e. The molecule has 1 aromatic carbocycles. The summed E-state index contributed by atoms with van der Waals surface area (Å²) in [6.45, 7) is 6.37. The third-order valence-electron chi connectivity index (χ3n) is 3.76. The van der Waals surface area contributed by atoms with Gasteiger partial charge in [-0.25, -0.2) is 0 Å². The Bertz CT molecular complexity index is 436. The van der Waals surface area contributed by atoms with Gasteiger partial charge in [0.2, 0.25) is 5.91 Å². The van der Waals surface area contributed by atoms with Crippen molar-refractivity contribution in [3.05, 3.63) is 35.4 Å². The van der Waals surface area contributed by atoms with E-state index in [0.717, 1.165) is 0 Å². The molecule has 0 heterocycles. The topological polar surface area (TPSA) is 58.4 Å². The molecule has 0 saturated carbocycles. The maximum Gasteiger partial charge on any atom is 0.224 e. The summed E-state index contributed by atoms with van der Waals surface area (Å²) in [7, 11) is 4.04. The van der Waals surface area contributed by atoms with Gasteiger partial charge in [-0.15, -0.1) is 24.8 Å². The van der Waals surface area contributed by atoms with Gasteiger partial charge in [-0.1, -0.05) is 36.8 Å². The Labute approximate surface area is 146 Å². The van der Waals surface area contributed by atoms with Crippen LogP contribution in [0.1, 0.15) is 31.0 Å². The fraction of sp³-hybridized carbons (Fsp3) is 0.562. The van der Waals surface area contributed by atoms with Gasteiger partial charge >= 0.3 is 0 Å². The van der Waals surface area contributed by atoms with Crippen LogP contribution in [0.3, 0.4) is 0 Å². The Hall–Kier alpha value is -0.810. The fourth-order valence-corrected chi connectivity index (χ4v) is 1.98. The Morgan fingerprint density at radius 1 is 1.18 bits per heavy atom. The molecule has 22 heavy (non-hydrogen) atoms. The molecule has 1 aromatic rings. The fourth-order valence-electron chi connectivity index (χ4n) is 1.98. The average molecular weight is 350 g/mol. The van der Waals surface area contributed by atoms with Crippen LogP contribution in [0.5, 0.6) is 0 Å².